The molecule has 208 valence electrons. The number of hydrogen-bond acceptors (Lipinski definition) is 7. The zero-order valence-corrected chi connectivity index (χ0v) is 23.7. The monoisotopic (exact) mass is 557 g/mol. The summed E-state index contributed by atoms with van der Waals surface area (Å²) in [5, 5.41) is 14.1. The molecule has 0 unspecified atom stereocenters. The molecule has 0 bridgehead atoms. The van der Waals surface area contributed by atoms with Crippen LogP contribution in [0.25, 0.3) is 11.4 Å². The van der Waals surface area contributed by atoms with Gasteiger partial charge in [0.1, 0.15) is 23.1 Å². The van der Waals surface area contributed by atoms with Crippen LogP contribution < -0.4 is 14.8 Å². The first-order valence-corrected chi connectivity index (χ1v) is 15.2. The Hall–Kier alpha value is -3.72. The van der Waals surface area contributed by atoms with Gasteiger partial charge in [0, 0.05) is 41.7 Å². The first-order chi connectivity index (χ1) is 19.6. The molecule has 0 radical (unpaired) electrons. The summed E-state index contributed by atoms with van der Waals surface area (Å²) >= 11 is 1.38. The Morgan fingerprint density at radius 2 is 1.82 bits per heavy atom. The number of carbonyl (C=O) groups excluding carboxylic acids is 1. The Bertz CT molecular complexity index is 1430. The fourth-order valence-electron chi connectivity index (χ4n) is 5.52. The van der Waals surface area contributed by atoms with E-state index >= 15 is 0 Å². The standard InChI is InChI=1S/C31H35N5O3S/c1-21-6-8-22(9-7-21)20-38-26-17-24(30(37)33-31-32-14-16-40-31)18-27(19-26)39-25-12-10-23(11-13-25)29-35-34-28-5-3-2-4-15-36(28)29/h10-14,16-19,21-22H,2-9,15,20H2,1H3,(H,32,33,37). The molecule has 1 N–H and O–H groups in total. The molecule has 1 amide bonds. The van der Waals surface area contributed by atoms with Crippen LogP contribution in [-0.2, 0) is 13.0 Å². The number of anilines is 1. The molecule has 0 atom stereocenters. The van der Waals surface area contributed by atoms with Crippen LogP contribution in [0.2, 0.25) is 0 Å². The number of ether oxygens (including phenoxy) is 2. The van der Waals surface area contributed by atoms with Crippen LogP contribution in [0.1, 0.15) is 68.1 Å². The summed E-state index contributed by atoms with van der Waals surface area (Å²) in [7, 11) is 0. The molecule has 3 heterocycles. The van der Waals surface area contributed by atoms with Crippen LogP contribution in [-0.4, -0.2) is 32.3 Å². The van der Waals surface area contributed by atoms with Gasteiger partial charge in [-0.1, -0.05) is 26.2 Å². The maximum atomic E-state index is 13.1. The number of aromatic nitrogens is 4. The van der Waals surface area contributed by atoms with Gasteiger partial charge in [0.05, 0.1) is 6.61 Å². The second-order valence-electron chi connectivity index (χ2n) is 10.9. The van der Waals surface area contributed by atoms with E-state index < -0.39 is 0 Å². The molecular formula is C31H35N5O3S. The van der Waals surface area contributed by atoms with E-state index in [-0.39, 0.29) is 5.91 Å². The van der Waals surface area contributed by atoms with Gasteiger partial charge in [-0.2, -0.15) is 0 Å². The molecular weight excluding hydrogens is 522 g/mol. The predicted octanol–water partition coefficient (Wildman–Crippen LogP) is 7.38. The second kappa shape index (κ2) is 12.2. The van der Waals surface area contributed by atoms with Gasteiger partial charge in [0.15, 0.2) is 11.0 Å². The molecule has 1 saturated carbocycles. The lowest BCUT2D eigenvalue weighted by atomic mass is 9.83. The van der Waals surface area contributed by atoms with Gasteiger partial charge in [-0.05, 0) is 73.9 Å². The Morgan fingerprint density at radius 1 is 1.00 bits per heavy atom. The average Bonchev–Trinajstić information content (AvgIpc) is 3.57. The van der Waals surface area contributed by atoms with Crippen LogP contribution in [0, 0.1) is 11.8 Å². The first-order valence-electron chi connectivity index (χ1n) is 14.3. The molecule has 2 aromatic carbocycles. The smallest absolute Gasteiger partial charge is 0.257 e. The number of rotatable bonds is 8. The van der Waals surface area contributed by atoms with E-state index in [9.17, 15) is 4.79 Å². The predicted molar refractivity (Wildman–Crippen MR) is 156 cm³/mol. The summed E-state index contributed by atoms with van der Waals surface area (Å²) < 4.78 is 14.7. The largest absolute Gasteiger partial charge is 0.493 e. The molecule has 40 heavy (non-hydrogen) atoms. The Labute approximate surface area is 238 Å². The van der Waals surface area contributed by atoms with Crippen LogP contribution in [0.5, 0.6) is 17.2 Å². The van der Waals surface area contributed by atoms with Crippen molar-refractivity contribution in [3.8, 4) is 28.6 Å². The van der Waals surface area contributed by atoms with Crippen LogP contribution in [0.4, 0.5) is 5.13 Å². The molecule has 1 aliphatic carbocycles. The number of benzene rings is 2. The number of fused-ring (bicyclic) bond motifs is 1. The highest BCUT2D eigenvalue weighted by Crippen LogP contribution is 2.32. The minimum Gasteiger partial charge on any atom is -0.493 e. The van der Waals surface area contributed by atoms with E-state index in [1.807, 2.05) is 35.7 Å². The highest BCUT2D eigenvalue weighted by molar-refractivity contribution is 7.13. The number of nitrogens with one attached hydrogen (secondary N) is 1. The number of nitrogens with zero attached hydrogens (tertiary/aromatic N) is 4. The van der Waals surface area contributed by atoms with Crippen molar-refractivity contribution in [3.05, 3.63) is 65.4 Å². The molecule has 0 saturated heterocycles. The minimum absolute atomic E-state index is 0.250. The molecule has 8 nitrogen and oxygen atoms in total. The lowest BCUT2D eigenvalue weighted by molar-refractivity contribution is 0.102. The van der Waals surface area contributed by atoms with Gasteiger partial charge < -0.3 is 14.0 Å². The highest BCUT2D eigenvalue weighted by atomic mass is 32.1. The van der Waals surface area contributed by atoms with Crippen LogP contribution in [0.15, 0.2) is 54.0 Å². The topological polar surface area (TPSA) is 91.2 Å². The van der Waals surface area contributed by atoms with Crippen molar-refractivity contribution in [1.29, 1.82) is 0 Å². The third kappa shape index (κ3) is 6.36. The zero-order chi connectivity index (χ0) is 27.3. The van der Waals surface area contributed by atoms with E-state index in [0.717, 1.165) is 48.9 Å². The molecule has 6 rings (SSSR count). The molecule has 0 spiro atoms. The van der Waals surface area contributed by atoms with Crippen LogP contribution in [0.3, 0.4) is 0 Å². The molecule has 1 aliphatic heterocycles. The molecule has 2 aromatic heterocycles. The number of carbonyl (C=O) groups is 1. The molecule has 2 aliphatic rings. The second-order valence-corrected chi connectivity index (χ2v) is 11.8. The number of aryl methyl sites for hydroxylation is 1. The highest BCUT2D eigenvalue weighted by Gasteiger charge is 2.20. The van der Waals surface area contributed by atoms with E-state index in [1.165, 1.54) is 43.4 Å². The van der Waals surface area contributed by atoms with Gasteiger partial charge in [-0.3, -0.25) is 10.1 Å². The van der Waals surface area contributed by atoms with Crippen molar-refractivity contribution < 1.29 is 14.3 Å². The van der Waals surface area contributed by atoms with Gasteiger partial charge in [0.2, 0.25) is 0 Å². The quantitative estimate of drug-likeness (QED) is 0.243. The number of amides is 1. The number of hydrogen-bond donors (Lipinski definition) is 1. The lowest BCUT2D eigenvalue weighted by Gasteiger charge is -2.26. The lowest BCUT2D eigenvalue weighted by Crippen LogP contribution is -2.19. The van der Waals surface area contributed by atoms with Crippen molar-refractivity contribution >= 4 is 22.4 Å². The van der Waals surface area contributed by atoms with Crippen molar-refractivity contribution in [1.82, 2.24) is 19.7 Å². The Balaban J connectivity index is 1.20. The van der Waals surface area contributed by atoms with Gasteiger partial charge in [-0.25, -0.2) is 4.98 Å². The Kier molecular flexibility index (Phi) is 8.09. The SMILES string of the molecule is CC1CCC(COc2cc(Oc3ccc(-c4nnc5n4CCCCC5)cc3)cc(C(=O)Nc3nccs3)c2)CC1. The number of thiazole rings is 1. The summed E-state index contributed by atoms with van der Waals surface area (Å²) in [5.41, 5.74) is 1.47. The van der Waals surface area contributed by atoms with Crippen LogP contribution >= 0.6 is 11.3 Å². The van der Waals surface area contributed by atoms with Crippen molar-refractivity contribution in [2.75, 3.05) is 11.9 Å². The zero-order valence-electron chi connectivity index (χ0n) is 22.8. The average molecular weight is 558 g/mol. The minimum atomic E-state index is -0.250. The van der Waals surface area contributed by atoms with Crippen molar-refractivity contribution in [2.24, 2.45) is 11.8 Å². The first kappa shape index (κ1) is 26.5. The fourth-order valence-corrected chi connectivity index (χ4v) is 6.04. The maximum Gasteiger partial charge on any atom is 0.257 e. The normalized spacial score (nSPS) is 18.9. The van der Waals surface area contributed by atoms with E-state index in [2.05, 4.69) is 32.0 Å². The van der Waals surface area contributed by atoms with Crippen molar-refractivity contribution in [3.63, 3.8) is 0 Å². The maximum absolute atomic E-state index is 13.1. The summed E-state index contributed by atoms with van der Waals surface area (Å²) in [6, 6.07) is 13.3. The van der Waals surface area contributed by atoms with E-state index in [0.29, 0.717) is 40.5 Å². The third-order valence-electron chi connectivity index (χ3n) is 7.87. The summed E-state index contributed by atoms with van der Waals surface area (Å²) in [5.74, 6) is 4.89. The third-order valence-corrected chi connectivity index (χ3v) is 8.56. The summed E-state index contributed by atoms with van der Waals surface area (Å²) in [4.78, 5) is 17.2. The molecule has 9 heteroatoms. The summed E-state index contributed by atoms with van der Waals surface area (Å²) in [6.45, 7) is 3.91. The van der Waals surface area contributed by atoms with Crippen molar-refractivity contribution in [2.45, 2.75) is 64.8 Å². The summed E-state index contributed by atoms with van der Waals surface area (Å²) in [6.07, 6.45) is 11.0. The molecule has 1 fully saturated rings. The molecule has 4 aromatic rings. The van der Waals surface area contributed by atoms with E-state index in [4.69, 9.17) is 9.47 Å². The Morgan fingerprint density at radius 3 is 2.62 bits per heavy atom. The van der Waals surface area contributed by atoms with Gasteiger partial charge in [0.25, 0.3) is 5.91 Å². The van der Waals surface area contributed by atoms with Gasteiger partial charge >= 0.3 is 0 Å². The van der Waals surface area contributed by atoms with E-state index in [1.54, 1.807) is 18.3 Å². The fraction of sp³-hybridized carbons (Fsp3) is 0.419. The van der Waals surface area contributed by atoms with Gasteiger partial charge in [-0.15, -0.1) is 21.5 Å².